The van der Waals surface area contributed by atoms with Crippen molar-refractivity contribution in [1.29, 1.82) is 0 Å². The Morgan fingerprint density at radius 3 is 1.19 bits per heavy atom. The molecule has 2 rings (SSSR count). The van der Waals surface area contributed by atoms with Gasteiger partial charge in [0.05, 0.1) is 13.2 Å². The lowest BCUT2D eigenvalue weighted by atomic mass is 9.75. The van der Waals surface area contributed by atoms with Gasteiger partial charge in [-0.1, -0.05) is 13.8 Å². The third-order valence-corrected chi connectivity index (χ3v) is 5.65. The van der Waals surface area contributed by atoms with Gasteiger partial charge in [-0.15, -0.1) is 0 Å². The molecule has 0 bridgehead atoms. The van der Waals surface area contributed by atoms with E-state index < -0.39 is 34.6 Å². The molecular weight excluding hydrogens is 356 g/mol. The number of ether oxygens (including phenoxy) is 2. The average molecular weight is 382 g/mol. The number of carbonyl (C=O) groups excluding carboxylic acids is 2. The highest BCUT2D eigenvalue weighted by Crippen LogP contribution is 2.44. The zero-order valence-corrected chi connectivity index (χ0v) is 15.2. The van der Waals surface area contributed by atoms with Crippen LogP contribution in [0.3, 0.4) is 0 Å². The predicted octanol–water partition coefficient (Wildman–Crippen LogP) is 4.50. The average Bonchev–Trinajstić information content (AvgIpc) is 2.57. The summed E-state index contributed by atoms with van der Waals surface area (Å²) in [6.07, 6.45) is -0.265. The van der Waals surface area contributed by atoms with E-state index in [0.717, 1.165) is 0 Å². The molecule has 2 fully saturated rings. The van der Waals surface area contributed by atoms with Crippen LogP contribution in [-0.2, 0) is 19.1 Å². The summed E-state index contributed by atoms with van der Waals surface area (Å²) >= 11 is 0. The SMILES string of the molecule is CC1(COC(=O)C(=O)OCC2(C)CCC(F)(F)CC2)CCC(F)(F)CC1. The first-order chi connectivity index (χ1) is 11.8. The molecule has 0 N–H and O–H groups in total. The zero-order valence-electron chi connectivity index (χ0n) is 15.2. The van der Waals surface area contributed by atoms with Gasteiger partial charge in [0.25, 0.3) is 0 Å². The third kappa shape index (κ3) is 5.84. The van der Waals surface area contributed by atoms with Gasteiger partial charge in [0.2, 0.25) is 11.8 Å². The Morgan fingerprint density at radius 1 is 0.654 bits per heavy atom. The molecule has 0 aromatic rings. The molecule has 4 nitrogen and oxygen atoms in total. The number of hydrogen-bond donors (Lipinski definition) is 0. The number of alkyl halides is 4. The molecule has 0 radical (unpaired) electrons. The van der Waals surface area contributed by atoms with Gasteiger partial charge in [-0.25, -0.2) is 27.2 Å². The van der Waals surface area contributed by atoms with E-state index in [1.165, 1.54) is 0 Å². The van der Waals surface area contributed by atoms with Crippen molar-refractivity contribution >= 4 is 11.9 Å². The molecule has 150 valence electrons. The van der Waals surface area contributed by atoms with Crippen LogP contribution in [0, 0.1) is 10.8 Å². The van der Waals surface area contributed by atoms with Crippen molar-refractivity contribution < 1.29 is 36.6 Å². The molecule has 0 amide bonds. The normalized spacial score (nSPS) is 25.9. The van der Waals surface area contributed by atoms with Crippen molar-refractivity contribution in [3.63, 3.8) is 0 Å². The maximum Gasteiger partial charge on any atom is 0.417 e. The second-order valence-corrected chi connectivity index (χ2v) is 8.49. The van der Waals surface area contributed by atoms with Crippen LogP contribution in [0.5, 0.6) is 0 Å². The first kappa shape index (κ1) is 21.0. The summed E-state index contributed by atoms with van der Waals surface area (Å²) in [7, 11) is 0. The van der Waals surface area contributed by atoms with E-state index in [9.17, 15) is 27.2 Å². The number of rotatable bonds is 4. The van der Waals surface area contributed by atoms with Crippen molar-refractivity contribution in [2.24, 2.45) is 10.8 Å². The molecule has 0 atom stereocenters. The van der Waals surface area contributed by atoms with Gasteiger partial charge in [-0.2, -0.15) is 0 Å². The Labute approximate surface area is 150 Å². The minimum atomic E-state index is -2.69. The topological polar surface area (TPSA) is 52.6 Å². The molecule has 0 unspecified atom stereocenters. The Kier molecular flexibility index (Phi) is 5.93. The fraction of sp³-hybridized carbons (Fsp3) is 0.889. The smallest absolute Gasteiger partial charge is 0.417 e. The van der Waals surface area contributed by atoms with E-state index in [1.807, 2.05) is 0 Å². The number of hydrogen-bond acceptors (Lipinski definition) is 4. The molecule has 0 spiro atoms. The molecule has 2 aliphatic rings. The summed E-state index contributed by atoms with van der Waals surface area (Å²) in [6.45, 7) is 3.23. The lowest BCUT2D eigenvalue weighted by Gasteiger charge is -2.37. The van der Waals surface area contributed by atoms with E-state index in [4.69, 9.17) is 9.47 Å². The second kappa shape index (κ2) is 7.35. The van der Waals surface area contributed by atoms with Gasteiger partial charge in [-0.3, -0.25) is 0 Å². The van der Waals surface area contributed by atoms with Gasteiger partial charge in [0.1, 0.15) is 0 Å². The van der Waals surface area contributed by atoms with Crippen molar-refractivity contribution in [3.8, 4) is 0 Å². The first-order valence-electron chi connectivity index (χ1n) is 8.94. The first-order valence-corrected chi connectivity index (χ1v) is 8.94. The van der Waals surface area contributed by atoms with E-state index in [0.29, 0.717) is 0 Å². The molecule has 0 aromatic carbocycles. The molecule has 0 heterocycles. The van der Waals surface area contributed by atoms with E-state index >= 15 is 0 Å². The van der Waals surface area contributed by atoms with Crippen LogP contribution in [0.4, 0.5) is 17.6 Å². The third-order valence-electron chi connectivity index (χ3n) is 5.65. The predicted molar refractivity (Wildman–Crippen MR) is 85.0 cm³/mol. The Bertz CT molecular complexity index is 479. The van der Waals surface area contributed by atoms with Crippen LogP contribution in [0.15, 0.2) is 0 Å². The molecule has 0 aliphatic heterocycles. The fourth-order valence-corrected chi connectivity index (χ4v) is 3.32. The van der Waals surface area contributed by atoms with Gasteiger partial charge in [0, 0.05) is 36.5 Å². The maximum atomic E-state index is 13.2. The summed E-state index contributed by atoms with van der Waals surface area (Å²) in [6, 6.07) is 0. The molecule has 8 heteroatoms. The van der Waals surface area contributed by atoms with E-state index in [-0.39, 0.29) is 64.6 Å². The molecular formula is C18H26F4O4. The number of esters is 2. The minimum Gasteiger partial charge on any atom is -0.457 e. The van der Waals surface area contributed by atoms with Crippen molar-refractivity contribution in [2.45, 2.75) is 77.1 Å². The molecule has 26 heavy (non-hydrogen) atoms. The van der Waals surface area contributed by atoms with E-state index in [1.54, 1.807) is 13.8 Å². The van der Waals surface area contributed by atoms with Gasteiger partial charge in [-0.05, 0) is 25.7 Å². The quantitative estimate of drug-likeness (QED) is 0.408. The zero-order chi connectivity index (χ0) is 19.6. The standard InChI is InChI=1S/C18H26F4O4/c1-15(3-7-17(19,20)8-4-15)11-25-13(23)14(24)26-12-16(2)5-9-18(21,22)10-6-16/h3-12H2,1-2H3. The Morgan fingerprint density at radius 2 is 0.923 bits per heavy atom. The van der Waals surface area contributed by atoms with Crippen LogP contribution < -0.4 is 0 Å². The van der Waals surface area contributed by atoms with Crippen molar-refractivity contribution in [1.82, 2.24) is 0 Å². The fourth-order valence-electron chi connectivity index (χ4n) is 3.32. The summed E-state index contributed by atoms with van der Waals surface area (Å²) in [5.41, 5.74) is -1.17. The van der Waals surface area contributed by atoms with Crippen LogP contribution in [-0.4, -0.2) is 37.0 Å². The monoisotopic (exact) mass is 382 g/mol. The second-order valence-electron chi connectivity index (χ2n) is 8.49. The van der Waals surface area contributed by atoms with Crippen LogP contribution in [0.1, 0.15) is 65.2 Å². The lowest BCUT2D eigenvalue weighted by molar-refractivity contribution is -0.174. The van der Waals surface area contributed by atoms with Crippen LogP contribution in [0.2, 0.25) is 0 Å². The molecule has 2 saturated carbocycles. The Balaban J connectivity index is 1.73. The number of halogens is 4. The van der Waals surface area contributed by atoms with Gasteiger partial charge >= 0.3 is 11.9 Å². The highest BCUT2D eigenvalue weighted by molar-refractivity contribution is 6.29. The summed E-state index contributed by atoms with van der Waals surface area (Å²) < 4.78 is 62.7. The van der Waals surface area contributed by atoms with Crippen molar-refractivity contribution in [3.05, 3.63) is 0 Å². The highest BCUT2D eigenvalue weighted by atomic mass is 19.3. The summed E-state index contributed by atoms with van der Waals surface area (Å²) in [4.78, 5) is 23.5. The van der Waals surface area contributed by atoms with E-state index in [2.05, 4.69) is 0 Å². The summed E-state index contributed by atoms with van der Waals surface area (Å²) in [5.74, 6) is -7.72. The molecule has 2 aliphatic carbocycles. The minimum absolute atomic E-state index is 0.125. The Hall–Kier alpha value is -1.34. The maximum absolute atomic E-state index is 13.2. The van der Waals surface area contributed by atoms with Crippen LogP contribution >= 0.6 is 0 Å². The van der Waals surface area contributed by atoms with Crippen LogP contribution in [0.25, 0.3) is 0 Å². The van der Waals surface area contributed by atoms with Crippen molar-refractivity contribution in [2.75, 3.05) is 13.2 Å². The largest absolute Gasteiger partial charge is 0.457 e. The number of carbonyl (C=O) groups is 2. The summed E-state index contributed by atoms with van der Waals surface area (Å²) in [5, 5.41) is 0. The van der Waals surface area contributed by atoms with Gasteiger partial charge in [0.15, 0.2) is 0 Å². The molecule has 0 aromatic heterocycles. The lowest BCUT2D eigenvalue weighted by Crippen LogP contribution is -2.37. The van der Waals surface area contributed by atoms with Gasteiger partial charge < -0.3 is 9.47 Å². The highest BCUT2D eigenvalue weighted by Gasteiger charge is 2.43. The molecule has 0 saturated heterocycles.